The second-order valence-corrected chi connectivity index (χ2v) is 5.68. The van der Waals surface area contributed by atoms with Gasteiger partial charge in [0.25, 0.3) is 0 Å². The minimum absolute atomic E-state index is 0.0127. The number of ether oxygens (including phenoxy) is 1. The average molecular weight is 385 g/mol. The fourth-order valence-electron chi connectivity index (χ4n) is 1.33. The maximum atomic E-state index is 13.4. The van der Waals surface area contributed by atoms with Crippen LogP contribution in [0.3, 0.4) is 0 Å². The summed E-state index contributed by atoms with van der Waals surface area (Å²) in [7, 11) is 0. The van der Waals surface area contributed by atoms with Crippen molar-refractivity contribution in [2.45, 2.75) is 0 Å². The van der Waals surface area contributed by atoms with Crippen molar-refractivity contribution < 1.29 is 9.13 Å². The molecule has 2 N–H and O–H groups in total. The molecule has 0 aliphatic carbocycles. The summed E-state index contributed by atoms with van der Waals surface area (Å²) in [4.78, 5) is 0. The monoisotopic (exact) mass is 383 g/mol. The van der Waals surface area contributed by atoms with Gasteiger partial charge in [-0.25, -0.2) is 4.39 Å². The lowest BCUT2D eigenvalue weighted by atomic mass is 10.3. The Labute approximate surface area is 132 Å². The minimum Gasteiger partial charge on any atom is -0.454 e. The SMILES string of the molecule is Nc1cc(Cl)c(Cl)cc1Oc1cc(F)c(Cl)cc1Br. The second kappa shape index (κ2) is 5.75. The van der Waals surface area contributed by atoms with Gasteiger partial charge in [0.15, 0.2) is 5.75 Å². The maximum Gasteiger partial charge on any atom is 0.151 e. The summed E-state index contributed by atoms with van der Waals surface area (Å²) in [5.41, 5.74) is 6.04. The summed E-state index contributed by atoms with van der Waals surface area (Å²) in [6, 6.07) is 5.45. The standard InChI is InChI=1S/C12H6BrCl3FNO/c13-5-1-8(16)9(17)4-11(5)19-12-3-7(15)6(14)2-10(12)18/h1-4H,18H2. The molecule has 0 saturated carbocycles. The quantitative estimate of drug-likeness (QED) is 0.514. The summed E-state index contributed by atoms with van der Waals surface area (Å²) in [5.74, 6) is -0.0951. The van der Waals surface area contributed by atoms with Gasteiger partial charge in [0.1, 0.15) is 11.6 Å². The van der Waals surface area contributed by atoms with Crippen molar-refractivity contribution in [3.8, 4) is 11.5 Å². The highest BCUT2D eigenvalue weighted by Crippen LogP contribution is 2.38. The molecule has 0 aromatic heterocycles. The van der Waals surface area contributed by atoms with Crippen molar-refractivity contribution in [1.29, 1.82) is 0 Å². The Morgan fingerprint density at radius 3 is 2.26 bits per heavy atom. The molecule has 7 heteroatoms. The van der Waals surface area contributed by atoms with Crippen LogP contribution in [0.2, 0.25) is 15.1 Å². The largest absolute Gasteiger partial charge is 0.454 e. The van der Waals surface area contributed by atoms with E-state index < -0.39 is 5.82 Å². The first-order chi connectivity index (χ1) is 8.88. The molecule has 0 aliphatic rings. The third-order valence-electron chi connectivity index (χ3n) is 2.25. The van der Waals surface area contributed by atoms with Crippen molar-refractivity contribution in [3.05, 3.63) is 49.6 Å². The van der Waals surface area contributed by atoms with Gasteiger partial charge in [0, 0.05) is 12.1 Å². The van der Waals surface area contributed by atoms with Crippen LogP contribution in [0.25, 0.3) is 0 Å². The Morgan fingerprint density at radius 2 is 1.58 bits per heavy atom. The van der Waals surface area contributed by atoms with Gasteiger partial charge in [-0.2, -0.15) is 0 Å². The number of nitrogen functional groups attached to an aromatic ring is 1. The van der Waals surface area contributed by atoms with Crippen LogP contribution in [0.5, 0.6) is 11.5 Å². The Bertz CT molecular complexity index is 596. The van der Waals surface area contributed by atoms with E-state index in [2.05, 4.69) is 15.9 Å². The van der Waals surface area contributed by atoms with E-state index in [9.17, 15) is 4.39 Å². The van der Waals surface area contributed by atoms with Gasteiger partial charge in [-0.1, -0.05) is 34.8 Å². The van der Waals surface area contributed by atoms with E-state index in [-0.39, 0.29) is 27.2 Å². The molecule has 0 spiro atoms. The maximum absolute atomic E-state index is 13.4. The van der Waals surface area contributed by atoms with Gasteiger partial charge < -0.3 is 10.5 Å². The lowest BCUT2D eigenvalue weighted by molar-refractivity contribution is 0.476. The molecular formula is C12H6BrCl3FNO. The molecule has 2 aromatic rings. The number of halogens is 5. The summed E-state index contributed by atoms with van der Waals surface area (Å²) < 4.78 is 19.4. The Kier molecular flexibility index (Phi) is 4.46. The molecule has 0 saturated heterocycles. The highest BCUT2D eigenvalue weighted by atomic mass is 79.9. The van der Waals surface area contributed by atoms with E-state index in [0.717, 1.165) is 6.07 Å². The number of nitrogens with two attached hydrogens (primary N) is 1. The zero-order valence-electron chi connectivity index (χ0n) is 9.18. The van der Waals surface area contributed by atoms with E-state index >= 15 is 0 Å². The first-order valence-corrected chi connectivity index (χ1v) is 6.88. The minimum atomic E-state index is -0.599. The fourth-order valence-corrected chi connectivity index (χ4v) is 2.38. The van der Waals surface area contributed by atoms with Gasteiger partial charge in [-0.15, -0.1) is 0 Å². The normalized spacial score (nSPS) is 10.6. The number of anilines is 1. The van der Waals surface area contributed by atoms with Crippen LogP contribution >= 0.6 is 50.7 Å². The van der Waals surface area contributed by atoms with E-state index in [0.29, 0.717) is 9.50 Å². The van der Waals surface area contributed by atoms with Crippen LogP contribution < -0.4 is 10.5 Å². The summed E-state index contributed by atoms with van der Waals surface area (Å²) >= 11 is 20.5. The first kappa shape index (κ1) is 14.7. The third kappa shape index (κ3) is 3.26. The zero-order chi connectivity index (χ0) is 14.2. The van der Waals surface area contributed by atoms with Crippen molar-refractivity contribution in [2.24, 2.45) is 0 Å². The molecule has 0 fully saturated rings. The number of hydrogen-bond donors (Lipinski definition) is 1. The van der Waals surface area contributed by atoms with E-state index in [1.807, 2.05) is 0 Å². The number of hydrogen-bond acceptors (Lipinski definition) is 2. The van der Waals surface area contributed by atoms with E-state index in [4.69, 9.17) is 45.3 Å². The molecule has 0 amide bonds. The summed E-state index contributed by atoms with van der Waals surface area (Å²) in [6.45, 7) is 0. The van der Waals surface area contributed by atoms with Gasteiger partial charge >= 0.3 is 0 Å². The molecule has 0 heterocycles. The smallest absolute Gasteiger partial charge is 0.151 e. The van der Waals surface area contributed by atoms with Gasteiger partial charge in [-0.3, -0.25) is 0 Å². The molecule has 0 bridgehead atoms. The fraction of sp³-hybridized carbons (Fsp3) is 0. The highest BCUT2D eigenvalue weighted by molar-refractivity contribution is 9.10. The Balaban J connectivity index is 2.42. The Hall–Kier alpha value is -0.680. The molecule has 2 rings (SSSR count). The van der Waals surface area contributed by atoms with Crippen molar-refractivity contribution in [1.82, 2.24) is 0 Å². The van der Waals surface area contributed by atoms with E-state index in [1.165, 1.54) is 18.2 Å². The van der Waals surface area contributed by atoms with Crippen LogP contribution in [-0.2, 0) is 0 Å². The molecule has 19 heavy (non-hydrogen) atoms. The lowest BCUT2D eigenvalue weighted by Gasteiger charge is -2.11. The van der Waals surface area contributed by atoms with Crippen LogP contribution in [0.15, 0.2) is 28.7 Å². The molecular weight excluding hydrogens is 379 g/mol. The molecule has 0 atom stereocenters. The van der Waals surface area contributed by atoms with Crippen LogP contribution in [0.1, 0.15) is 0 Å². The van der Waals surface area contributed by atoms with Gasteiger partial charge in [0.2, 0.25) is 0 Å². The van der Waals surface area contributed by atoms with E-state index in [1.54, 1.807) is 0 Å². The third-order valence-corrected chi connectivity index (χ3v) is 3.88. The number of rotatable bonds is 2. The van der Waals surface area contributed by atoms with Crippen molar-refractivity contribution in [3.63, 3.8) is 0 Å². The number of benzene rings is 2. The predicted octanol–water partition coefficient (Wildman–Crippen LogP) is 5.92. The molecule has 100 valence electrons. The Morgan fingerprint density at radius 1 is 0.947 bits per heavy atom. The summed E-state index contributed by atoms with van der Waals surface area (Å²) in [5, 5.41) is 0.589. The van der Waals surface area contributed by atoms with Crippen LogP contribution in [0.4, 0.5) is 10.1 Å². The van der Waals surface area contributed by atoms with Crippen molar-refractivity contribution in [2.75, 3.05) is 5.73 Å². The molecule has 2 nitrogen and oxygen atoms in total. The van der Waals surface area contributed by atoms with Crippen molar-refractivity contribution >= 4 is 56.4 Å². The first-order valence-electron chi connectivity index (χ1n) is 4.95. The molecule has 0 unspecified atom stereocenters. The van der Waals surface area contributed by atoms with Crippen LogP contribution in [-0.4, -0.2) is 0 Å². The molecule has 0 radical (unpaired) electrons. The molecule has 2 aromatic carbocycles. The zero-order valence-corrected chi connectivity index (χ0v) is 13.0. The van der Waals surface area contributed by atoms with Gasteiger partial charge in [-0.05, 0) is 28.1 Å². The predicted molar refractivity (Wildman–Crippen MR) is 80.1 cm³/mol. The highest BCUT2D eigenvalue weighted by Gasteiger charge is 2.12. The summed E-state index contributed by atoms with van der Waals surface area (Å²) in [6.07, 6.45) is 0. The lowest BCUT2D eigenvalue weighted by Crippen LogP contribution is -1.94. The average Bonchev–Trinajstić information content (AvgIpc) is 2.32. The topological polar surface area (TPSA) is 35.2 Å². The van der Waals surface area contributed by atoms with Gasteiger partial charge in [0.05, 0.1) is 25.2 Å². The molecule has 0 aliphatic heterocycles. The second-order valence-electron chi connectivity index (χ2n) is 3.60. The van der Waals surface area contributed by atoms with Crippen LogP contribution in [0, 0.1) is 5.82 Å².